The van der Waals surface area contributed by atoms with Crippen molar-refractivity contribution in [3.63, 3.8) is 0 Å². The molecule has 0 aliphatic carbocycles. The van der Waals surface area contributed by atoms with Crippen LogP contribution in [0.15, 0.2) is 58.9 Å². The molecule has 140 valence electrons. The van der Waals surface area contributed by atoms with Crippen LogP contribution in [0.1, 0.15) is 5.56 Å². The van der Waals surface area contributed by atoms with Crippen LogP contribution in [0.3, 0.4) is 0 Å². The molecule has 0 saturated heterocycles. The van der Waals surface area contributed by atoms with Crippen LogP contribution in [0.25, 0.3) is 5.69 Å². The second-order valence-electron chi connectivity index (χ2n) is 6.01. The number of nitrogens with zero attached hydrogens (tertiary/aromatic N) is 3. The average molecular weight is 417 g/mol. The summed E-state index contributed by atoms with van der Waals surface area (Å²) in [5.74, 6) is 0.288. The van der Waals surface area contributed by atoms with E-state index in [9.17, 15) is 4.79 Å². The maximum Gasteiger partial charge on any atom is 0.230 e. The summed E-state index contributed by atoms with van der Waals surface area (Å²) in [6.07, 6.45) is 0. The molecule has 0 aliphatic rings. The van der Waals surface area contributed by atoms with E-state index in [1.807, 2.05) is 73.6 Å². The highest BCUT2D eigenvalue weighted by Crippen LogP contribution is 2.23. The molecule has 0 fully saturated rings. The van der Waals surface area contributed by atoms with Crippen molar-refractivity contribution in [1.29, 1.82) is 0 Å². The maximum absolute atomic E-state index is 12.1. The predicted molar refractivity (Wildman–Crippen MR) is 116 cm³/mol. The van der Waals surface area contributed by atoms with Crippen LogP contribution in [0.4, 0.5) is 5.69 Å². The van der Waals surface area contributed by atoms with Gasteiger partial charge in [-0.2, -0.15) is 0 Å². The number of rotatable bonds is 7. The van der Waals surface area contributed by atoms with Gasteiger partial charge in [0.25, 0.3) is 0 Å². The molecule has 0 radical (unpaired) electrons. The Balaban J connectivity index is 1.51. The lowest BCUT2D eigenvalue weighted by molar-refractivity contribution is -0.118. The Kier molecular flexibility index (Phi) is 6.65. The lowest BCUT2D eigenvalue weighted by Gasteiger charge is -2.12. The third-order valence-electron chi connectivity index (χ3n) is 3.80. The number of amides is 1. The van der Waals surface area contributed by atoms with Crippen molar-refractivity contribution in [2.45, 2.75) is 10.9 Å². The highest BCUT2D eigenvalue weighted by Gasteiger charge is 2.09. The van der Waals surface area contributed by atoms with Crippen molar-refractivity contribution in [2.24, 2.45) is 0 Å². The topological polar surface area (TPSA) is 50.2 Å². The van der Waals surface area contributed by atoms with Gasteiger partial charge >= 0.3 is 0 Å². The molecule has 1 heterocycles. The van der Waals surface area contributed by atoms with E-state index in [0.29, 0.717) is 16.3 Å². The van der Waals surface area contributed by atoms with Gasteiger partial charge in [-0.25, -0.2) is 4.68 Å². The first-order chi connectivity index (χ1) is 13.0. The molecule has 1 aromatic heterocycles. The summed E-state index contributed by atoms with van der Waals surface area (Å²) in [6, 6.07) is 17.9. The highest BCUT2D eigenvalue weighted by atomic mass is 32.2. The van der Waals surface area contributed by atoms with Gasteiger partial charge in [-0.1, -0.05) is 53.4 Å². The van der Waals surface area contributed by atoms with E-state index in [-0.39, 0.29) is 5.91 Å². The van der Waals surface area contributed by atoms with Gasteiger partial charge in [0.15, 0.2) is 8.29 Å². The van der Waals surface area contributed by atoms with Gasteiger partial charge in [-0.15, -0.1) is 5.10 Å². The monoisotopic (exact) mass is 416 g/mol. The Bertz CT molecular complexity index is 949. The lowest BCUT2D eigenvalue weighted by Crippen LogP contribution is -2.24. The normalized spacial score (nSPS) is 10.6. The summed E-state index contributed by atoms with van der Waals surface area (Å²) in [4.78, 5) is 14.2. The zero-order valence-electron chi connectivity index (χ0n) is 15.1. The summed E-state index contributed by atoms with van der Waals surface area (Å²) >= 11 is 8.20. The van der Waals surface area contributed by atoms with E-state index < -0.39 is 0 Å². The van der Waals surface area contributed by atoms with Crippen LogP contribution < -0.4 is 10.2 Å². The van der Waals surface area contributed by atoms with E-state index >= 15 is 0 Å². The van der Waals surface area contributed by atoms with Crippen LogP contribution in [0.5, 0.6) is 0 Å². The van der Waals surface area contributed by atoms with E-state index in [1.165, 1.54) is 23.1 Å². The van der Waals surface area contributed by atoms with Crippen molar-refractivity contribution < 1.29 is 4.79 Å². The quantitative estimate of drug-likeness (QED) is 0.463. The van der Waals surface area contributed by atoms with Crippen molar-refractivity contribution in [1.82, 2.24) is 15.1 Å². The van der Waals surface area contributed by atoms with Crippen molar-refractivity contribution in [3.8, 4) is 5.69 Å². The molecule has 8 heteroatoms. The summed E-state index contributed by atoms with van der Waals surface area (Å²) in [5.41, 5.74) is 3.13. The molecule has 0 bridgehead atoms. The Morgan fingerprint density at radius 1 is 1.19 bits per heavy atom. The zero-order chi connectivity index (χ0) is 19.2. The fraction of sp³-hybridized carbons (Fsp3) is 0.211. The third kappa shape index (κ3) is 5.41. The number of carbonyl (C=O) groups is 1. The number of hydrogen-bond donors (Lipinski definition) is 1. The van der Waals surface area contributed by atoms with Crippen LogP contribution in [-0.2, 0) is 11.3 Å². The van der Waals surface area contributed by atoms with Crippen LogP contribution >= 0.6 is 35.3 Å². The molecular formula is C19H20N4OS3. The molecule has 2 aromatic carbocycles. The number of thioether (sulfide) groups is 1. The molecule has 3 aromatic rings. The number of nitrogens with one attached hydrogen (secondary N) is 1. The Labute approximate surface area is 172 Å². The SMILES string of the molecule is CN(C)c1ccc(CNC(=O)CSc2nn(-c3ccccc3)c(=S)s2)cc1. The predicted octanol–water partition coefficient (Wildman–Crippen LogP) is 4.14. The first kappa shape index (κ1) is 19.6. The fourth-order valence-electron chi connectivity index (χ4n) is 2.34. The van der Waals surface area contributed by atoms with Crippen LogP contribution in [0.2, 0.25) is 0 Å². The number of aromatic nitrogens is 2. The van der Waals surface area contributed by atoms with Gasteiger partial charge in [0.1, 0.15) is 0 Å². The minimum atomic E-state index is -0.0240. The van der Waals surface area contributed by atoms with E-state index in [1.54, 1.807) is 4.68 Å². The maximum atomic E-state index is 12.1. The van der Waals surface area contributed by atoms with E-state index in [4.69, 9.17) is 12.2 Å². The van der Waals surface area contributed by atoms with Crippen LogP contribution in [0, 0.1) is 3.95 Å². The van der Waals surface area contributed by atoms with Gasteiger partial charge in [-0.05, 0) is 42.0 Å². The average Bonchev–Trinajstić information content (AvgIpc) is 3.06. The molecule has 5 nitrogen and oxygen atoms in total. The molecule has 0 aliphatic heterocycles. The van der Waals surface area contributed by atoms with Crippen molar-refractivity contribution in [2.75, 3.05) is 24.7 Å². The Hall–Kier alpha value is -2.16. The van der Waals surface area contributed by atoms with Crippen molar-refractivity contribution >= 4 is 46.9 Å². The molecule has 0 atom stereocenters. The highest BCUT2D eigenvalue weighted by molar-refractivity contribution is 8.01. The van der Waals surface area contributed by atoms with Gasteiger partial charge < -0.3 is 10.2 Å². The largest absolute Gasteiger partial charge is 0.378 e. The lowest BCUT2D eigenvalue weighted by atomic mass is 10.2. The standard InChI is InChI=1S/C19H20N4OS3/c1-22(2)15-10-8-14(9-11-15)12-20-17(24)13-26-18-21-23(19(25)27-18)16-6-4-3-5-7-16/h3-11H,12-13H2,1-2H3,(H,20,24). The molecule has 1 N–H and O–H groups in total. The first-order valence-electron chi connectivity index (χ1n) is 8.34. The third-order valence-corrected chi connectivity index (χ3v) is 6.16. The molecule has 0 unspecified atom stereocenters. The van der Waals surface area contributed by atoms with Crippen LogP contribution in [-0.4, -0.2) is 35.5 Å². The molecule has 3 rings (SSSR count). The molecule has 1 amide bonds. The Morgan fingerprint density at radius 2 is 1.89 bits per heavy atom. The smallest absolute Gasteiger partial charge is 0.230 e. The zero-order valence-corrected chi connectivity index (χ0v) is 17.5. The number of carbonyl (C=O) groups excluding carboxylic acids is 1. The fourth-order valence-corrected chi connectivity index (χ4v) is 4.53. The second-order valence-corrected chi connectivity index (χ2v) is 8.85. The number of hydrogen-bond acceptors (Lipinski definition) is 6. The minimum absolute atomic E-state index is 0.0240. The molecular weight excluding hydrogens is 396 g/mol. The molecule has 27 heavy (non-hydrogen) atoms. The number of benzene rings is 2. The van der Waals surface area contributed by atoms with Crippen molar-refractivity contribution in [3.05, 3.63) is 64.1 Å². The molecule has 0 spiro atoms. The summed E-state index contributed by atoms with van der Waals surface area (Å²) in [5, 5.41) is 7.45. The first-order valence-corrected chi connectivity index (χ1v) is 10.6. The number of anilines is 1. The molecule has 0 saturated carbocycles. The van der Waals surface area contributed by atoms with E-state index in [2.05, 4.69) is 10.4 Å². The summed E-state index contributed by atoms with van der Waals surface area (Å²) in [7, 11) is 4.00. The summed E-state index contributed by atoms with van der Waals surface area (Å²) in [6.45, 7) is 0.515. The second kappa shape index (κ2) is 9.16. The van der Waals surface area contributed by atoms with Gasteiger partial charge in [-0.3, -0.25) is 4.79 Å². The van der Waals surface area contributed by atoms with Gasteiger partial charge in [0.2, 0.25) is 5.91 Å². The van der Waals surface area contributed by atoms with Gasteiger partial charge in [0.05, 0.1) is 11.4 Å². The van der Waals surface area contributed by atoms with Gasteiger partial charge in [0, 0.05) is 26.3 Å². The minimum Gasteiger partial charge on any atom is -0.378 e. The van der Waals surface area contributed by atoms with E-state index in [0.717, 1.165) is 21.3 Å². The summed E-state index contributed by atoms with van der Waals surface area (Å²) < 4.78 is 3.19. The number of para-hydroxylation sites is 1. The Morgan fingerprint density at radius 3 is 2.56 bits per heavy atom.